The number of benzene rings is 1. The van der Waals surface area contributed by atoms with Crippen molar-refractivity contribution in [3.63, 3.8) is 0 Å². The van der Waals surface area contributed by atoms with Crippen molar-refractivity contribution in [1.82, 2.24) is 0 Å². The molecule has 0 saturated carbocycles. The predicted molar refractivity (Wildman–Crippen MR) is 75.2 cm³/mol. The Bertz CT molecular complexity index is 345. The number of ketones is 1. The van der Waals surface area contributed by atoms with Crippen LogP contribution in [0.4, 0.5) is 0 Å². The van der Waals surface area contributed by atoms with Crippen LogP contribution in [0.1, 0.15) is 31.1 Å². The van der Waals surface area contributed by atoms with Crippen LogP contribution in [0.15, 0.2) is 28.7 Å². The zero-order valence-electron chi connectivity index (χ0n) is 9.87. The van der Waals surface area contributed by atoms with E-state index in [2.05, 4.69) is 36.7 Å². The molecule has 1 aromatic carbocycles. The molecule has 0 saturated heterocycles. The summed E-state index contributed by atoms with van der Waals surface area (Å²) in [6, 6.07) is 7.55. The van der Waals surface area contributed by atoms with E-state index in [0.717, 1.165) is 10.0 Å². The molecule has 0 fully saturated rings. The lowest BCUT2D eigenvalue weighted by atomic mass is 10.1. The molecule has 0 aliphatic heterocycles. The molecule has 0 N–H and O–H groups in total. The summed E-state index contributed by atoms with van der Waals surface area (Å²) in [7, 11) is 0. The fourth-order valence-corrected chi connectivity index (χ4v) is 2.35. The van der Waals surface area contributed by atoms with Crippen LogP contribution in [0.5, 0.6) is 0 Å². The summed E-state index contributed by atoms with van der Waals surface area (Å²) in [5, 5.41) is 0.527. The highest BCUT2D eigenvalue weighted by atomic mass is 79.9. The fourth-order valence-electron chi connectivity index (χ4n) is 1.12. The lowest BCUT2D eigenvalue weighted by Gasteiger charge is -2.14. The van der Waals surface area contributed by atoms with Gasteiger partial charge in [-0.15, -0.1) is 0 Å². The number of thioether (sulfide) groups is 1. The predicted octanol–water partition coefficient (Wildman–Crippen LogP) is 4.41. The van der Waals surface area contributed by atoms with E-state index in [1.165, 1.54) is 0 Å². The average molecular weight is 301 g/mol. The van der Waals surface area contributed by atoms with Crippen molar-refractivity contribution in [2.45, 2.75) is 26.0 Å². The maximum atomic E-state index is 11.8. The molecule has 0 aromatic heterocycles. The molecule has 0 heterocycles. The second-order valence-corrected chi connectivity index (χ2v) is 6.47. The van der Waals surface area contributed by atoms with E-state index >= 15 is 0 Å². The minimum absolute atomic E-state index is 0.213. The Morgan fingerprint density at radius 2 is 1.81 bits per heavy atom. The molecule has 1 rings (SSSR count). The van der Waals surface area contributed by atoms with Gasteiger partial charge in [0.05, 0.1) is 5.75 Å². The van der Waals surface area contributed by atoms with Crippen LogP contribution < -0.4 is 0 Å². The standard InChI is InChI=1S/C13H17BrOS/c1-9(2)10(3)16-8-13(15)11-4-6-12(14)7-5-11/h4-7,9-10H,8H2,1-3H3. The smallest absolute Gasteiger partial charge is 0.172 e. The second kappa shape index (κ2) is 6.45. The van der Waals surface area contributed by atoms with Crippen molar-refractivity contribution in [1.29, 1.82) is 0 Å². The highest BCUT2D eigenvalue weighted by molar-refractivity contribution is 9.10. The van der Waals surface area contributed by atoms with E-state index in [9.17, 15) is 4.79 Å². The van der Waals surface area contributed by atoms with Crippen LogP contribution in [0.25, 0.3) is 0 Å². The first kappa shape index (κ1) is 13.8. The lowest BCUT2D eigenvalue weighted by Crippen LogP contribution is -2.11. The Morgan fingerprint density at radius 3 is 2.31 bits per heavy atom. The fraction of sp³-hybridized carbons (Fsp3) is 0.462. The molecule has 0 radical (unpaired) electrons. The molecule has 1 unspecified atom stereocenters. The van der Waals surface area contributed by atoms with Gasteiger partial charge in [0.1, 0.15) is 0 Å². The molecule has 0 aliphatic rings. The minimum Gasteiger partial charge on any atom is -0.293 e. The summed E-state index contributed by atoms with van der Waals surface area (Å²) >= 11 is 5.09. The van der Waals surface area contributed by atoms with Gasteiger partial charge in [-0.25, -0.2) is 0 Å². The zero-order chi connectivity index (χ0) is 12.1. The van der Waals surface area contributed by atoms with Gasteiger partial charge < -0.3 is 0 Å². The van der Waals surface area contributed by atoms with Crippen molar-refractivity contribution in [3.05, 3.63) is 34.3 Å². The molecule has 1 nitrogen and oxygen atoms in total. The second-order valence-electron chi connectivity index (χ2n) is 4.19. The zero-order valence-corrected chi connectivity index (χ0v) is 12.3. The molecule has 0 bridgehead atoms. The van der Waals surface area contributed by atoms with Crippen molar-refractivity contribution < 1.29 is 4.79 Å². The van der Waals surface area contributed by atoms with Gasteiger partial charge >= 0.3 is 0 Å². The third-order valence-corrected chi connectivity index (χ3v) is 4.61. The van der Waals surface area contributed by atoms with E-state index in [-0.39, 0.29) is 5.78 Å². The van der Waals surface area contributed by atoms with Crippen LogP contribution in [-0.4, -0.2) is 16.8 Å². The monoisotopic (exact) mass is 300 g/mol. The maximum absolute atomic E-state index is 11.8. The van der Waals surface area contributed by atoms with Crippen molar-refractivity contribution >= 4 is 33.5 Å². The van der Waals surface area contributed by atoms with Gasteiger partial charge in [0.2, 0.25) is 0 Å². The Kier molecular flexibility index (Phi) is 5.56. The highest BCUT2D eigenvalue weighted by Gasteiger charge is 2.11. The number of carbonyl (C=O) groups is 1. The molecule has 0 amide bonds. The number of rotatable bonds is 5. The first-order valence-corrected chi connectivity index (χ1v) is 7.25. The van der Waals surface area contributed by atoms with Gasteiger partial charge in [0, 0.05) is 15.3 Å². The Balaban J connectivity index is 2.50. The molecule has 0 spiro atoms. The van der Waals surface area contributed by atoms with E-state index in [1.807, 2.05) is 24.3 Å². The van der Waals surface area contributed by atoms with Crippen molar-refractivity contribution in [2.75, 3.05) is 5.75 Å². The molecule has 1 atom stereocenters. The highest BCUT2D eigenvalue weighted by Crippen LogP contribution is 2.20. The van der Waals surface area contributed by atoms with Crippen LogP contribution >= 0.6 is 27.7 Å². The summed E-state index contributed by atoms with van der Waals surface area (Å²) in [5.74, 6) is 1.40. The summed E-state index contributed by atoms with van der Waals surface area (Å²) in [4.78, 5) is 11.8. The van der Waals surface area contributed by atoms with E-state index in [4.69, 9.17) is 0 Å². The number of carbonyl (C=O) groups excluding carboxylic acids is 1. The molecule has 16 heavy (non-hydrogen) atoms. The third-order valence-electron chi connectivity index (χ3n) is 2.58. The Hall–Kier alpha value is -0.280. The summed E-state index contributed by atoms with van der Waals surface area (Å²) in [6.07, 6.45) is 0. The van der Waals surface area contributed by atoms with E-state index < -0.39 is 0 Å². The summed E-state index contributed by atoms with van der Waals surface area (Å²) in [6.45, 7) is 6.54. The van der Waals surface area contributed by atoms with E-state index in [0.29, 0.717) is 16.9 Å². The topological polar surface area (TPSA) is 17.1 Å². The maximum Gasteiger partial charge on any atom is 0.172 e. The molecular formula is C13H17BrOS. The molecule has 0 aliphatic carbocycles. The lowest BCUT2D eigenvalue weighted by molar-refractivity contribution is 0.102. The van der Waals surface area contributed by atoms with Gasteiger partial charge in [-0.3, -0.25) is 4.79 Å². The first-order valence-electron chi connectivity index (χ1n) is 5.41. The van der Waals surface area contributed by atoms with Gasteiger partial charge in [-0.2, -0.15) is 11.8 Å². The number of halogens is 1. The third kappa shape index (κ3) is 4.30. The Morgan fingerprint density at radius 1 is 1.25 bits per heavy atom. The first-order chi connectivity index (χ1) is 7.50. The van der Waals surface area contributed by atoms with Crippen LogP contribution in [0, 0.1) is 5.92 Å². The number of hydrogen-bond donors (Lipinski definition) is 0. The number of Topliss-reactive ketones (excluding diaryl/α,β-unsaturated/α-hetero) is 1. The van der Waals surface area contributed by atoms with Crippen LogP contribution in [0.2, 0.25) is 0 Å². The van der Waals surface area contributed by atoms with Crippen molar-refractivity contribution in [3.8, 4) is 0 Å². The Labute approximate surface area is 110 Å². The minimum atomic E-state index is 0.213. The molecule has 88 valence electrons. The van der Waals surface area contributed by atoms with Crippen LogP contribution in [0.3, 0.4) is 0 Å². The number of hydrogen-bond acceptors (Lipinski definition) is 2. The van der Waals surface area contributed by atoms with Gasteiger partial charge in [-0.1, -0.05) is 48.8 Å². The van der Waals surface area contributed by atoms with Crippen LogP contribution in [-0.2, 0) is 0 Å². The molecule has 1 aromatic rings. The van der Waals surface area contributed by atoms with Gasteiger partial charge in [0.15, 0.2) is 5.78 Å². The normalized spacial score (nSPS) is 12.8. The average Bonchev–Trinajstić information content (AvgIpc) is 2.26. The summed E-state index contributed by atoms with van der Waals surface area (Å²) in [5.41, 5.74) is 0.798. The molecular weight excluding hydrogens is 284 g/mol. The quantitative estimate of drug-likeness (QED) is 0.749. The van der Waals surface area contributed by atoms with Gasteiger partial charge in [0.25, 0.3) is 0 Å². The van der Waals surface area contributed by atoms with Gasteiger partial charge in [-0.05, 0) is 18.1 Å². The SMILES string of the molecule is CC(C)C(C)SCC(=O)c1ccc(Br)cc1. The summed E-state index contributed by atoms with van der Waals surface area (Å²) < 4.78 is 1.01. The largest absolute Gasteiger partial charge is 0.293 e. The molecule has 3 heteroatoms. The van der Waals surface area contributed by atoms with Crippen molar-refractivity contribution in [2.24, 2.45) is 5.92 Å². The van der Waals surface area contributed by atoms with E-state index in [1.54, 1.807) is 11.8 Å².